The van der Waals surface area contributed by atoms with Gasteiger partial charge in [0.25, 0.3) is 0 Å². The van der Waals surface area contributed by atoms with Crippen LogP contribution < -0.4 is 0 Å². The highest BCUT2D eigenvalue weighted by molar-refractivity contribution is 9.10. The first kappa shape index (κ1) is 23.2. The minimum absolute atomic E-state index is 0.0357. The summed E-state index contributed by atoms with van der Waals surface area (Å²) in [5.41, 5.74) is -0.604. The van der Waals surface area contributed by atoms with Crippen molar-refractivity contribution in [1.29, 1.82) is 0 Å². The van der Waals surface area contributed by atoms with E-state index >= 15 is 0 Å². The van der Waals surface area contributed by atoms with Gasteiger partial charge in [-0.1, -0.05) is 11.8 Å². The molecule has 1 aromatic carbocycles. The number of hydrogen-bond acceptors (Lipinski definition) is 7. The maximum absolute atomic E-state index is 13.6. The van der Waals surface area contributed by atoms with Crippen molar-refractivity contribution in [3.8, 4) is 11.1 Å². The maximum Gasteiger partial charge on any atom is 0.194 e. The molecule has 7 nitrogen and oxygen atoms in total. The minimum atomic E-state index is -1.58. The van der Waals surface area contributed by atoms with E-state index in [0.29, 0.717) is 4.90 Å². The Morgan fingerprint density at radius 2 is 1.75 bits per heavy atom. The third-order valence-corrected chi connectivity index (χ3v) is 6.56. The maximum atomic E-state index is 13.6. The zero-order chi connectivity index (χ0) is 23.0. The molecule has 0 amide bonds. The van der Waals surface area contributed by atoms with E-state index in [0.717, 1.165) is 28.4 Å². The lowest BCUT2D eigenvalue weighted by Gasteiger charge is -2.42. The van der Waals surface area contributed by atoms with Crippen LogP contribution in [0.1, 0.15) is 6.04 Å². The number of rotatable bonds is 5. The average Bonchev–Trinajstić information content (AvgIpc) is 3.23. The largest absolute Gasteiger partial charge is 0.394 e. The number of hydrogen-bond donors (Lipinski definition) is 3. The number of aromatic nitrogens is 3. The molecule has 1 aliphatic rings. The number of aliphatic hydroxyl groups is 3. The van der Waals surface area contributed by atoms with E-state index < -0.39 is 53.8 Å². The first-order valence-electron chi connectivity index (χ1n) is 9.37. The van der Waals surface area contributed by atoms with Crippen LogP contribution in [0.3, 0.4) is 0 Å². The fourth-order valence-corrected chi connectivity index (χ4v) is 5.04. The summed E-state index contributed by atoms with van der Waals surface area (Å²) < 4.78 is 48.1. The summed E-state index contributed by atoms with van der Waals surface area (Å²) in [6.07, 6.45) is 2.18. The van der Waals surface area contributed by atoms with Crippen molar-refractivity contribution in [3.05, 3.63) is 64.9 Å². The molecular formula is C20H17BrF3N3O4S. The van der Waals surface area contributed by atoms with Gasteiger partial charge in [0.2, 0.25) is 0 Å². The Morgan fingerprint density at radius 3 is 2.41 bits per heavy atom. The molecule has 2 aromatic heterocycles. The van der Waals surface area contributed by atoms with Gasteiger partial charge in [0.1, 0.15) is 29.8 Å². The molecule has 170 valence electrons. The Balaban J connectivity index is 1.64. The van der Waals surface area contributed by atoms with Crippen molar-refractivity contribution in [2.75, 3.05) is 6.61 Å². The Hall–Kier alpha value is -1.96. The number of benzene rings is 1. The third-order valence-electron chi connectivity index (χ3n) is 5.00. The van der Waals surface area contributed by atoms with Crippen LogP contribution in [0.4, 0.5) is 13.2 Å². The van der Waals surface area contributed by atoms with Crippen molar-refractivity contribution >= 4 is 27.7 Å². The predicted molar refractivity (Wildman–Crippen MR) is 112 cm³/mol. The Labute approximate surface area is 193 Å². The third kappa shape index (κ3) is 4.56. The summed E-state index contributed by atoms with van der Waals surface area (Å²) in [6.45, 7) is -0.513. The summed E-state index contributed by atoms with van der Waals surface area (Å²) in [4.78, 5) is 4.73. The molecule has 3 N–H and O–H groups in total. The average molecular weight is 532 g/mol. The molecule has 1 fully saturated rings. The van der Waals surface area contributed by atoms with Crippen LogP contribution >= 0.6 is 27.7 Å². The zero-order valence-electron chi connectivity index (χ0n) is 16.1. The SMILES string of the molecule is OC[C@H]1O[C@H](Sc2cncc(Br)c2)[C@H](O)[C@@H](n2cc(-c3cc(F)c(F)c(F)c3)cn2)[C@H]1O. The van der Waals surface area contributed by atoms with Gasteiger partial charge in [-0.05, 0) is 39.7 Å². The van der Waals surface area contributed by atoms with Crippen LogP contribution in [0.5, 0.6) is 0 Å². The molecule has 0 spiro atoms. The van der Waals surface area contributed by atoms with Crippen molar-refractivity contribution in [3.63, 3.8) is 0 Å². The van der Waals surface area contributed by atoms with Gasteiger partial charge < -0.3 is 20.1 Å². The topological polar surface area (TPSA) is 101 Å². The van der Waals surface area contributed by atoms with E-state index in [1.54, 1.807) is 18.5 Å². The monoisotopic (exact) mass is 531 g/mol. The van der Waals surface area contributed by atoms with Crippen molar-refractivity contribution in [2.24, 2.45) is 0 Å². The molecule has 1 aliphatic heterocycles. The number of aliphatic hydroxyl groups excluding tert-OH is 3. The number of pyridine rings is 1. The second-order valence-corrected chi connectivity index (χ2v) is 9.20. The molecule has 3 heterocycles. The van der Waals surface area contributed by atoms with E-state index in [9.17, 15) is 28.5 Å². The standard InChI is InChI=1S/C20H17BrF3N3O4S/c21-11-3-12(6-25-5-11)32-20-19(30)17(18(29)15(8-28)31-20)27-7-10(4-26-27)9-1-13(22)16(24)14(23)2-9/h1-7,15,17-20,28-30H,8H2/t15-,17+,18+,19-,20-/m1/s1. The molecule has 5 atom stereocenters. The van der Waals surface area contributed by atoms with Crippen LogP contribution in [0.15, 0.2) is 52.4 Å². The van der Waals surface area contributed by atoms with Gasteiger partial charge >= 0.3 is 0 Å². The van der Waals surface area contributed by atoms with Gasteiger partial charge in [0, 0.05) is 33.5 Å². The van der Waals surface area contributed by atoms with Gasteiger partial charge in [-0.15, -0.1) is 0 Å². The summed E-state index contributed by atoms with van der Waals surface area (Å²) >= 11 is 4.46. The first-order valence-corrected chi connectivity index (χ1v) is 11.0. The molecule has 0 saturated carbocycles. The lowest BCUT2D eigenvalue weighted by atomic mass is 9.97. The van der Waals surface area contributed by atoms with E-state index in [4.69, 9.17) is 4.74 Å². The second kappa shape index (κ2) is 9.49. The van der Waals surface area contributed by atoms with Gasteiger partial charge in [0.05, 0.1) is 12.8 Å². The highest BCUT2D eigenvalue weighted by atomic mass is 79.9. The predicted octanol–water partition coefficient (Wildman–Crippen LogP) is 2.90. The lowest BCUT2D eigenvalue weighted by Crippen LogP contribution is -2.54. The fraction of sp³-hybridized carbons (Fsp3) is 0.300. The summed E-state index contributed by atoms with van der Waals surface area (Å²) in [7, 11) is 0. The molecule has 3 aromatic rings. The van der Waals surface area contributed by atoms with Crippen molar-refractivity contribution in [1.82, 2.24) is 14.8 Å². The number of nitrogens with zero attached hydrogens (tertiary/aromatic N) is 3. The fourth-order valence-electron chi connectivity index (χ4n) is 3.44. The van der Waals surface area contributed by atoms with E-state index in [1.807, 2.05) is 0 Å². The van der Waals surface area contributed by atoms with Crippen LogP contribution in [0, 0.1) is 17.5 Å². The van der Waals surface area contributed by atoms with Crippen molar-refractivity contribution < 1.29 is 33.2 Å². The molecule has 1 saturated heterocycles. The molecule has 32 heavy (non-hydrogen) atoms. The van der Waals surface area contributed by atoms with Crippen LogP contribution in [-0.4, -0.2) is 60.4 Å². The Morgan fingerprint density at radius 1 is 1.03 bits per heavy atom. The highest BCUT2D eigenvalue weighted by Crippen LogP contribution is 2.38. The number of halogens is 4. The van der Waals surface area contributed by atoms with Crippen LogP contribution in [0.25, 0.3) is 11.1 Å². The quantitative estimate of drug-likeness (QED) is 0.435. The molecule has 0 bridgehead atoms. The minimum Gasteiger partial charge on any atom is -0.394 e. The van der Waals surface area contributed by atoms with Gasteiger partial charge in [-0.2, -0.15) is 5.10 Å². The second-order valence-electron chi connectivity index (χ2n) is 7.12. The van der Waals surface area contributed by atoms with E-state index in [2.05, 4.69) is 26.0 Å². The van der Waals surface area contributed by atoms with Crippen molar-refractivity contribution in [2.45, 2.75) is 34.7 Å². The number of thioether (sulfide) groups is 1. The van der Waals surface area contributed by atoms with Gasteiger partial charge in [-0.3, -0.25) is 9.67 Å². The highest BCUT2D eigenvalue weighted by Gasteiger charge is 2.46. The van der Waals surface area contributed by atoms with Gasteiger partial charge in [0.15, 0.2) is 17.5 Å². The molecule has 4 rings (SSSR count). The molecule has 0 unspecified atom stereocenters. The summed E-state index contributed by atoms with van der Waals surface area (Å²) in [5, 5.41) is 35.4. The molecular weight excluding hydrogens is 515 g/mol. The molecule has 0 aliphatic carbocycles. The van der Waals surface area contributed by atoms with E-state index in [-0.39, 0.29) is 11.1 Å². The Bertz CT molecular complexity index is 1100. The smallest absolute Gasteiger partial charge is 0.194 e. The Kier molecular flexibility index (Phi) is 6.89. The first-order chi connectivity index (χ1) is 15.3. The molecule has 12 heteroatoms. The lowest BCUT2D eigenvalue weighted by molar-refractivity contribution is -0.178. The van der Waals surface area contributed by atoms with Gasteiger partial charge in [-0.25, -0.2) is 13.2 Å². The summed E-state index contributed by atoms with van der Waals surface area (Å²) in [5.74, 6) is -4.28. The van der Waals surface area contributed by atoms with Crippen LogP contribution in [-0.2, 0) is 4.74 Å². The number of ether oxygens (including phenoxy) is 1. The van der Waals surface area contributed by atoms with Crippen LogP contribution in [0.2, 0.25) is 0 Å². The molecule has 0 radical (unpaired) electrons. The normalized spacial score (nSPS) is 25.8. The summed E-state index contributed by atoms with van der Waals surface area (Å²) in [6, 6.07) is 2.38. The zero-order valence-corrected chi connectivity index (χ0v) is 18.5. The van der Waals surface area contributed by atoms with E-state index in [1.165, 1.54) is 17.1 Å².